The Morgan fingerprint density at radius 1 is 1.45 bits per heavy atom. The van der Waals surface area contributed by atoms with E-state index in [4.69, 9.17) is 0 Å². The van der Waals surface area contributed by atoms with E-state index < -0.39 is 0 Å². The second kappa shape index (κ2) is 3.22. The van der Waals surface area contributed by atoms with Crippen LogP contribution in [0.1, 0.15) is 13.8 Å². The van der Waals surface area contributed by atoms with Gasteiger partial charge in [0.1, 0.15) is 0 Å². The molecule has 1 aliphatic rings. The molecule has 1 rings (SSSR count). The monoisotopic (exact) mass is 151 g/mol. The summed E-state index contributed by atoms with van der Waals surface area (Å²) < 4.78 is 0. The Morgan fingerprint density at radius 2 is 2.09 bits per heavy atom. The highest BCUT2D eigenvalue weighted by molar-refractivity contribution is 5.35. The molecule has 0 heterocycles. The minimum atomic E-state index is 0.650. The van der Waals surface area contributed by atoms with Crippen molar-refractivity contribution in [3.05, 3.63) is 23.3 Å². The van der Waals surface area contributed by atoms with Crippen LogP contribution in [-0.4, -0.2) is 25.5 Å². The Bertz CT molecular complexity index is 199. The molecule has 1 unspecified atom stereocenters. The van der Waals surface area contributed by atoms with Crippen LogP contribution in [-0.2, 0) is 0 Å². The molecular weight excluding hydrogens is 134 g/mol. The molecule has 0 spiro atoms. The second-order valence-electron chi connectivity index (χ2n) is 3.59. The van der Waals surface area contributed by atoms with Gasteiger partial charge >= 0.3 is 0 Å². The molecule has 0 saturated carbocycles. The Hall–Kier alpha value is -0.560. The summed E-state index contributed by atoms with van der Waals surface area (Å²) in [6.07, 6.45) is 4.50. The Morgan fingerprint density at radius 3 is 2.45 bits per heavy atom. The summed E-state index contributed by atoms with van der Waals surface area (Å²) in [7, 11) is 4.23. The maximum absolute atomic E-state index is 2.27. The lowest BCUT2D eigenvalue weighted by Gasteiger charge is -2.15. The largest absolute Gasteiger partial charge is 0.305 e. The van der Waals surface area contributed by atoms with Crippen molar-refractivity contribution in [3.8, 4) is 0 Å². The first kappa shape index (κ1) is 8.54. The van der Waals surface area contributed by atoms with Crippen molar-refractivity contribution in [2.24, 2.45) is 5.92 Å². The highest BCUT2D eigenvalue weighted by Gasteiger charge is 2.13. The van der Waals surface area contributed by atoms with Gasteiger partial charge in [-0.3, -0.25) is 0 Å². The molecule has 11 heavy (non-hydrogen) atoms. The number of hydrogen-bond donors (Lipinski definition) is 0. The molecule has 0 aromatic heterocycles. The second-order valence-corrected chi connectivity index (χ2v) is 3.59. The molecule has 1 atom stereocenters. The number of nitrogens with zero attached hydrogens (tertiary/aromatic N) is 1. The van der Waals surface area contributed by atoms with Crippen molar-refractivity contribution in [2.45, 2.75) is 13.8 Å². The molecule has 1 heteroatoms. The molecule has 1 aliphatic carbocycles. The van der Waals surface area contributed by atoms with E-state index in [2.05, 4.69) is 45.0 Å². The zero-order valence-electron chi connectivity index (χ0n) is 7.89. The zero-order valence-corrected chi connectivity index (χ0v) is 7.89. The molecule has 0 aromatic rings. The summed E-state index contributed by atoms with van der Waals surface area (Å²) in [5.41, 5.74) is 3.02. The molecule has 62 valence electrons. The van der Waals surface area contributed by atoms with Crippen LogP contribution in [0.5, 0.6) is 0 Å². The van der Waals surface area contributed by atoms with Gasteiger partial charge in [0, 0.05) is 6.54 Å². The predicted molar refractivity (Wildman–Crippen MR) is 49.6 cm³/mol. The van der Waals surface area contributed by atoms with Gasteiger partial charge in [-0.05, 0) is 32.5 Å². The Labute approximate surface area is 69.4 Å². The first-order chi connectivity index (χ1) is 5.11. The van der Waals surface area contributed by atoms with Gasteiger partial charge in [0.15, 0.2) is 0 Å². The molecule has 0 fully saturated rings. The molecule has 0 N–H and O–H groups in total. The summed E-state index contributed by atoms with van der Waals surface area (Å²) in [5, 5.41) is 0. The van der Waals surface area contributed by atoms with Gasteiger partial charge in [-0.25, -0.2) is 0 Å². The van der Waals surface area contributed by atoms with E-state index in [1.54, 1.807) is 5.57 Å². The lowest BCUT2D eigenvalue weighted by molar-refractivity contribution is 0.433. The third kappa shape index (κ3) is 1.93. The fourth-order valence-electron chi connectivity index (χ4n) is 1.48. The van der Waals surface area contributed by atoms with E-state index in [1.165, 1.54) is 5.57 Å². The molecule has 0 radical (unpaired) electrons. The highest BCUT2D eigenvalue weighted by Crippen LogP contribution is 2.24. The topological polar surface area (TPSA) is 3.24 Å². The van der Waals surface area contributed by atoms with Crippen molar-refractivity contribution in [2.75, 3.05) is 20.6 Å². The van der Waals surface area contributed by atoms with Gasteiger partial charge in [0.25, 0.3) is 0 Å². The standard InChI is InChI=1S/C10H17N/c1-8-5-6-9(2)10(8)7-11(3)4/h5-6,8H,7H2,1-4H3. The van der Waals surface area contributed by atoms with Crippen LogP contribution in [0.4, 0.5) is 0 Å². The van der Waals surface area contributed by atoms with E-state index in [1.807, 2.05) is 0 Å². The van der Waals surface area contributed by atoms with Gasteiger partial charge in [0.2, 0.25) is 0 Å². The van der Waals surface area contributed by atoms with Crippen molar-refractivity contribution < 1.29 is 0 Å². The van der Waals surface area contributed by atoms with Crippen molar-refractivity contribution in [1.82, 2.24) is 4.90 Å². The maximum atomic E-state index is 2.27. The minimum Gasteiger partial charge on any atom is -0.305 e. The highest BCUT2D eigenvalue weighted by atomic mass is 15.0. The summed E-state index contributed by atoms with van der Waals surface area (Å²) in [5.74, 6) is 0.650. The number of likely N-dealkylation sites (N-methyl/N-ethyl adjacent to an activating group) is 1. The van der Waals surface area contributed by atoms with Crippen molar-refractivity contribution in [3.63, 3.8) is 0 Å². The van der Waals surface area contributed by atoms with E-state index >= 15 is 0 Å². The maximum Gasteiger partial charge on any atom is 0.0198 e. The third-order valence-electron chi connectivity index (χ3n) is 2.18. The van der Waals surface area contributed by atoms with E-state index in [9.17, 15) is 0 Å². The molecule has 0 aliphatic heterocycles. The first-order valence-corrected chi connectivity index (χ1v) is 4.14. The van der Waals surface area contributed by atoms with Crippen LogP contribution < -0.4 is 0 Å². The molecule has 0 aromatic carbocycles. The smallest absolute Gasteiger partial charge is 0.0198 e. The fourth-order valence-corrected chi connectivity index (χ4v) is 1.48. The normalized spacial score (nSPS) is 23.9. The average molecular weight is 151 g/mol. The third-order valence-corrected chi connectivity index (χ3v) is 2.18. The van der Waals surface area contributed by atoms with Gasteiger partial charge in [-0.2, -0.15) is 0 Å². The predicted octanol–water partition coefficient (Wildman–Crippen LogP) is 2.07. The molecule has 1 nitrogen and oxygen atoms in total. The zero-order chi connectivity index (χ0) is 8.43. The number of allylic oxidation sites excluding steroid dienone is 3. The van der Waals surface area contributed by atoms with Crippen LogP contribution in [0, 0.1) is 5.92 Å². The van der Waals surface area contributed by atoms with Crippen LogP contribution in [0.25, 0.3) is 0 Å². The molecule has 0 saturated heterocycles. The SMILES string of the molecule is CC1=C(CN(C)C)C(C)C=C1. The summed E-state index contributed by atoms with van der Waals surface area (Å²) in [6.45, 7) is 5.55. The minimum absolute atomic E-state index is 0.650. The average Bonchev–Trinajstić information content (AvgIpc) is 2.18. The van der Waals surface area contributed by atoms with Crippen LogP contribution in [0.2, 0.25) is 0 Å². The lowest BCUT2D eigenvalue weighted by Crippen LogP contribution is -2.17. The van der Waals surface area contributed by atoms with E-state index in [-0.39, 0.29) is 0 Å². The van der Waals surface area contributed by atoms with Gasteiger partial charge in [-0.15, -0.1) is 0 Å². The lowest BCUT2D eigenvalue weighted by atomic mass is 10.0. The van der Waals surface area contributed by atoms with Crippen LogP contribution >= 0.6 is 0 Å². The van der Waals surface area contributed by atoms with Gasteiger partial charge < -0.3 is 4.90 Å². The fraction of sp³-hybridized carbons (Fsp3) is 0.600. The van der Waals surface area contributed by atoms with Crippen LogP contribution in [0.3, 0.4) is 0 Å². The van der Waals surface area contributed by atoms with Crippen molar-refractivity contribution in [1.29, 1.82) is 0 Å². The molecular formula is C10H17N. The van der Waals surface area contributed by atoms with E-state index in [0.29, 0.717) is 5.92 Å². The Kier molecular flexibility index (Phi) is 2.50. The van der Waals surface area contributed by atoms with Gasteiger partial charge in [-0.1, -0.05) is 24.6 Å². The van der Waals surface area contributed by atoms with Crippen molar-refractivity contribution >= 4 is 0 Å². The summed E-state index contributed by atoms with van der Waals surface area (Å²) >= 11 is 0. The Balaban J connectivity index is 2.65. The van der Waals surface area contributed by atoms with Gasteiger partial charge in [0.05, 0.1) is 0 Å². The molecule has 0 bridgehead atoms. The summed E-state index contributed by atoms with van der Waals surface area (Å²) in [6, 6.07) is 0. The quantitative estimate of drug-likeness (QED) is 0.584. The number of rotatable bonds is 2. The van der Waals surface area contributed by atoms with Crippen LogP contribution in [0.15, 0.2) is 23.3 Å². The summed E-state index contributed by atoms with van der Waals surface area (Å²) in [4.78, 5) is 2.22. The van der Waals surface area contributed by atoms with E-state index in [0.717, 1.165) is 6.54 Å². The first-order valence-electron chi connectivity index (χ1n) is 4.14. The number of hydrogen-bond acceptors (Lipinski definition) is 1. The molecule has 0 amide bonds.